The first kappa shape index (κ1) is 23.2. The summed E-state index contributed by atoms with van der Waals surface area (Å²) in [6.07, 6.45) is 1.37. The Labute approximate surface area is 204 Å². The zero-order chi connectivity index (χ0) is 24.1. The second kappa shape index (κ2) is 10.3. The van der Waals surface area contributed by atoms with E-state index in [-0.39, 0.29) is 0 Å². The third-order valence-corrected chi connectivity index (χ3v) is 6.45. The topological polar surface area (TPSA) is 96.9 Å². The van der Waals surface area contributed by atoms with Gasteiger partial charge in [-0.1, -0.05) is 48.0 Å². The van der Waals surface area contributed by atoms with E-state index in [1.807, 2.05) is 43.3 Å². The van der Waals surface area contributed by atoms with Crippen molar-refractivity contribution in [1.29, 1.82) is 0 Å². The molecule has 170 valence electrons. The Morgan fingerprint density at radius 1 is 0.941 bits per heavy atom. The molecule has 2 amide bonds. The highest BCUT2D eigenvalue weighted by molar-refractivity contribution is 7.21. The Kier molecular flexibility index (Phi) is 7.01. The van der Waals surface area contributed by atoms with Gasteiger partial charge in [0.15, 0.2) is 0 Å². The summed E-state index contributed by atoms with van der Waals surface area (Å²) in [5, 5.41) is 7.50. The number of nitrogens with zero attached hydrogens (tertiary/aromatic N) is 1. The minimum Gasteiger partial charge on any atom is -0.422 e. The van der Waals surface area contributed by atoms with Gasteiger partial charge in [0.1, 0.15) is 10.6 Å². The quantitative estimate of drug-likeness (QED) is 0.132. The number of rotatable bonds is 5. The van der Waals surface area contributed by atoms with Crippen molar-refractivity contribution < 1.29 is 19.1 Å². The van der Waals surface area contributed by atoms with Gasteiger partial charge in [0, 0.05) is 15.8 Å². The number of esters is 1. The third-order valence-electron chi connectivity index (χ3n) is 4.79. The molecule has 0 bridgehead atoms. The van der Waals surface area contributed by atoms with Gasteiger partial charge in [0.05, 0.1) is 11.2 Å². The van der Waals surface area contributed by atoms with Crippen molar-refractivity contribution in [3.63, 3.8) is 0 Å². The SMILES string of the molecule is Cc1ccccc1NC(=O)C(=O)NN=Cc1ccc(OC(=O)c2sc3ccccc3c2Cl)cc1. The van der Waals surface area contributed by atoms with Gasteiger partial charge in [0.2, 0.25) is 0 Å². The van der Waals surface area contributed by atoms with Crippen LogP contribution in [-0.4, -0.2) is 24.0 Å². The molecule has 0 unspecified atom stereocenters. The van der Waals surface area contributed by atoms with E-state index < -0.39 is 17.8 Å². The van der Waals surface area contributed by atoms with E-state index >= 15 is 0 Å². The Balaban J connectivity index is 1.33. The lowest BCUT2D eigenvalue weighted by atomic mass is 10.2. The minimum absolute atomic E-state index is 0.331. The van der Waals surface area contributed by atoms with Crippen molar-refractivity contribution in [2.75, 3.05) is 5.32 Å². The molecule has 1 aromatic heterocycles. The number of hydrogen-bond donors (Lipinski definition) is 2. The van der Waals surface area contributed by atoms with Crippen LogP contribution in [0.5, 0.6) is 5.75 Å². The van der Waals surface area contributed by atoms with Crippen molar-refractivity contribution in [2.24, 2.45) is 5.10 Å². The fourth-order valence-electron chi connectivity index (χ4n) is 3.03. The summed E-state index contributed by atoms with van der Waals surface area (Å²) in [6.45, 7) is 1.82. The highest BCUT2D eigenvalue weighted by atomic mass is 35.5. The van der Waals surface area contributed by atoms with Crippen molar-refractivity contribution in [3.8, 4) is 5.75 Å². The van der Waals surface area contributed by atoms with Crippen LogP contribution in [0.4, 0.5) is 5.69 Å². The van der Waals surface area contributed by atoms with Crippen molar-refractivity contribution in [1.82, 2.24) is 5.43 Å². The number of carbonyl (C=O) groups is 3. The number of hydrogen-bond acceptors (Lipinski definition) is 6. The molecule has 0 aliphatic rings. The molecule has 7 nitrogen and oxygen atoms in total. The molecule has 0 atom stereocenters. The van der Waals surface area contributed by atoms with Gasteiger partial charge in [-0.2, -0.15) is 5.10 Å². The summed E-state index contributed by atoms with van der Waals surface area (Å²) in [5.41, 5.74) is 4.19. The number of nitrogens with one attached hydrogen (secondary N) is 2. The average Bonchev–Trinajstić information content (AvgIpc) is 3.18. The summed E-state index contributed by atoms with van der Waals surface area (Å²) in [4.78, 5) is 36.8. The third kappa shape index (κ3) is 5.31. The van der Waals surface area contributed by atoms with Crippen molar-refractivity contribution in [3.05, 3.63) is 93.8 Å². The van der Waals surface area contributed by atoms with E-state index in [9.17, 15) is 14.4 Å². The normalized spacial score (nSPS) is 10.9. The molecular weight excluding hydrogens is 474 g/mol. The molecule has 1 heterocycles. The van der Waals surface area contributed by atoms with E-state index in [0.717, 1.165) is 15.6 Å². The maximum absolute atomic E-state index is 12.5. The molecule has 0 aliphatic heterocycles. The van der Waals surface area contributed by atoms with E-state index in [0.29, 0.717) is 26.9 Å². The summed E-state index contributed by atoms with van der Waals surface area (Å²) in [6, 6.07) is 21.1. The summed E-state index contributed by atoms with van der Waals surface area (Å²) < 4.78 is 6.33. The second-order valence-corrected chi connectivity index (χ2v) is 8.60. The number of thiophene rings is 1. The Bertz CT molecular complexity index is 1410. The molecule has 2 N–H and O–H groups in total. The van der Waals surface area contributed by atoms with Gasteiger partial charge in [-0.05, 0) is 54.4 Å². The largest absolute Gasteiger partial charge is 0.422 e. The molecule has 34 heavy (non-hydrogen) atoms. The highest BCUT2D eigenvalue weighted by Gasteiger charge is 2.19. The van der Waals surface area contributed by atoms with E-state index in [1.54, 1.807) is 36.4 Å². The first-order valence-electron chi connectivity index (χ1n) is 10.1. The smallest absolute Gasteiger partial charge is 0.355 e. The van der Waals surface area contributed by atoms with Gasteiger partial charge < -0.3 is 10.1 Å². The summed E-state index contributed by atoms with van der Waals surface area (Å²) in [7, 11) is 0. The highest BCUT2D eigenvalue weighted by Crippen LogP contribution is 2.35. The maximum Gasteiger partial charge on any atom is 0.355 e. The number of amides is 2. The molecule has 0 aliphatic carbocycles. The Morgan fingerprint density at radius 3 is 2.38 bits per heavy atom. The number of benzene rings is 3. The number of anilines is 1. The lowest BCUT2D eigenvalue weighted by Crippen LogP contribution is -2.32. The predicted octanol–water partition coefficient (Wildman–Crippen LogP) is 5.17. The molecule has 4 rings (SSSR count). The zero-order valence-electron chi connectivity index (χ0n) is 17.9. The number of fused-ring (bicyclic) bond motifs is 1. The Hall–Kier alpha value is -4.01. The van der Waals surface area contributed by atoms with Crippen LogP contribution in [0.15, 0.2) is 77.9 Å². The summed E-state index contributed by atoms with van der Waals surface area (Å²) in [5.74, 6) is -1.93. The lowest BCUT2D eigenvalue weighted by Gasteiger charge is -2.06. The number of para-hydroxylation sites is 1. The Morgan fingerprint density at radius 2 is 1.65 bits per heavy atom. The van der Waals surface area contributed by atoms with Gasteiger partial charge in [-0.3, -0.25) is 9.59 Å². The van der Waals surface area contributed by atoms with Crippen LogP contribution < -0.4 is 15.5 Å². The number of carbonyl (C=O) groups excluding carboxylic acids is 3. The summed E-state index contributed by atoms with van der Waals surface area (Å²) >= 11 is 7.60. The monoisotopic (exact) mass is 491 g/mol. The fourth-order valence-corrected chi connectivity index (χ4v) is 4.41. The number of halogens is 1. The molecule has 0 saturated heterocycles. The lowest BCUT2D eigenvalue weighted by molar-refractivity contribution is -0.136. The van der Waals surface area contributed by atoms with Crippen LogP contribution in [0.3, 0.4) is 0 Å². The number of hydrazone groups is 1. The van der Waals surface area contributed by atoms with Crippen LogP contribution in [0.2, 0.25) is 5.02 Å². The first-order chi connectivity index (χ1) is 16.4. The minimum atomic E-state index is -0.898. The molecule has 3 aromatic carbocycles. The van der Waals surface area contributed by atoms with Crippen LogP contribution in [0.1, 0.15) is 20.8 Å². The molecule has 0 radical (unpaired) electrons. The van der Waals surface area contributed by atoms with Crippen molar-refractivity contribution >= 4 is 62.7 Å². The van der Waals surface area contributed by atoms with Gasteiger partial charge in [-0.15, -0.1) is 11.3 Å². The number of ether oxygens (including phenoxy) is 1. The van der Waals surface area contributed by atoms with Gasteiger partial charge in [-0.25, -0.2) is 10.2 Å². The zero-order valence-corrected chi connectivity index (χ0v) is 19.4. The van der Waals surface area contributed by atoms with E-state index in [2.05, 4.69) is 15.8 Å². The van der Waals surface area contributed by atoms with Crippen LogP contribution >= 0.6 is 22.9 Å². The predicted molar refractivity (Wildman–Crippen MR) is 134 cm³/mol. The fraction of sp³-hybridized carbons (Fsp3) is 0.0400. The van der Waals surface area contributed by atoms with Crippen molar-refractivity contribution in [2.45, 2.75) is 6.92 Å². The molecule has 4 aromatic rings. The van der Waals surface area contributed by atoms with Gasteiger partial charge in [0.25, 0.3) is 0 Å². The average molecular weight is 492 g/mol. The van der Waals surface area contributed by atoms with Gasteiger partial charge >= 0.3 is 17.8 Å². The molecular formula is C25H18ClN3O4S. The van der Waals surface area contributed by atoms with Crippen LogP contribution in [0.25, 0.3) is 10.1 Å². The van der Waals surface area contributed by atoms with Crippen LogP contribution in [0, 0.1) is 6.92 Å². The van der Waals surface area contributed by atoms with Crippen LogP contribution in [-0.2, 0) is 9.59 Å². The second-order valence-electron chi connectivity index (χ2n) is 7.17. The molecule has 0 saturated carbocycles. The molecule has 0 spiro atoms. The molecule has 9 heteroatoms. The molecule has 0 fully saturated rings. The number of aryl methyl sites for hydroxylation is 1. The standard InChI is InChI=1S/C25H18ClN3O4S/c1-15-6-2-4-8-19(15)28-23(30)24(31)29-27-14-16-10-12-17(13-11-16)33-25(32)22-21(26)18-7-3-5-9-20(18)34-22/h2-14H,1H3,(H,28,30)(H,29,31). The first-order valence-corrected chi connectivity index (χ1v) is 11.3. The maximum atomic E-state index is 12.5. The van der Waals surface area contributed by atoms with E-state index in [1.165, 1.54) is 17.6 Å². The van der Waals surface area contributed by atoms with E-state index in [4.69, 9.17) is 16.3 Å².